The number of likely N-dealkylation sites (tertiary alicyclic amines) is 1. The van der Waals surface area contributed by atoms with Crippen molar-refractivity contribution in [3.63, 3.8) is 0 Å². The summed E-state index contributed by atoms with van der Waals surface area (Å²) in [6.07, 6.45) is 0.480. The lowest BCUT2D eigenvalue weighted by Crippen LogP contribution is -2.45. The second-order valence-electron chi connectivity index (χ2n) is 9.79. The third-order valence-electron chi connectivity index (χ3n) is 4.66. The number of piperidine rings is 1. The number of ether oxygens (including phenoxy) is 2. The molecule has 1 aromatic rings. The standard InChI is InChI=1S/C22H31BrN4O4/c1-20(2,3)30-18(28)26-17-8-7-15(23)16(25-17)13-22(14-24)9-11-27(12-10-22)19(29)31-21(4,5)6/h7-8H,9-13H2,1-6H3,(H,25,26,28). The van der Waals surface area contributed by atoms with E-state index >= 15 is 0 Å². The van der Waals surface area contributed by atoms with Crippen molar-refractivity contribution in [2.75, 3.05) is 18.4 Å². The number of rotatable bonds is 3. The molecule has 1 saturated heterocycles. The van der Waals surface area contributed by atoms with E-state index < -0.39 is 22.7 Å². The summed E-state index contributed by atoms with van der Waals surface area (Å²) in [7, 11) is 0. The van der Waals surface area contributed by atoms with Crippen LogP contribution in [0.2, 0.25) is 0 Å². The topological polar surface area (TPSA) is 105 Å². The van der Waals surface area contributed by atoms with Crippen molar-refractivity contribution in [2.24, 2.45) is 5.41 Å². The van der Waals surface area contributed by atoms with Crippen LogP contribution in [0.15, 0.2) is 16.6 Å². The Kier molecular flexibility index (Phi) is 7.58. The van der Waals surface area contributed by atoms with E-state index in [1.807, 2.05) is 20.8 Å². The molecule has 2 heterocycles. The van der Waals surface area contributed by atoms with Gasteiger partial charge in [0.15, 0.2) is 0 Å². The van der Waals surface area contributed by atoms with Crippen molar-refractivity contribution in [2.45, 2.75) is 72.0 Å². The maximum atomic E-state index is 12.3. The van der Waals surface area contributed by atoms with E-state index in [9.17, 15) is 14.9 Å². The lowest BCUT2D eigenvalue weighted by Gasteiger charge is -2.37. The number of nitriles is 1. The van der Waals surface area contributed by atoms with Gasteiger partial charge < -0.3 is 14.4 Å². The molecular formula is C22H31BrN4O4. The highest BCUT2D eigenvalue weighted by Crippen LogP contribution is 2.36. The zero-order valence-electron chi connectivity index (χ0n) is 19.0. The second-order valence-corrected chi connectivity index (χ2v) is 10.6. The number of anilines is 1. The van der Waals surface area contributed by atoms with Crippen LogP contribution in [0.3, 0.4) is 0 Å². The molecule has 0 atom stereocenters. The molecule has 2 amide bonds. The van der Waals surface area contributed by atoms with E-state index in [1.54, 1.807) is 37.8 Å². The number of nitrogens with zero attached hydrogens (tertiary/aromatic N) is 3. The van der Waals surface area contributed by atoms with Gasteiger partial charge in [-0.3, -0.25) is 5.32 Å². The number of aromatic nitrogens is 1. The fourth-order valence-electron chi connectivity index (χ4n) is 3.18. The van der Waals surface area contributed by atoms with Crippen LogP contribution in [0, 0.1) is 16.7 Å². The Morgan fingerprint density at radius 1 is 1.16 bits per heavy atom. The first kappa shape index (κ1) is 24.9. The zero-order valence-corrected chi connectivity index (χ0v) is 20.6. The monoisotopic (exact) mass is 494 g/mol. The minimum atomic E-state index is -0.654. The highest BCUT2D eigenvalue weighted by molar-refractivity contribution is 9.10. The van der Waals surface area contributed by atoms with Gasteiger partial charge in [0.05, 0.1) is 17.2 Å². The first-order valence-corrected chi connectivity index (χ1v) is 11.1. The highest BCUT2D eigenvalue weighted by atomic mass is 79.9. The molecule has 2 rings (SSSR count). The molecule has 1 fully saturated rings. The van der Waals surface area contributed by atoms with Crippen molar-refractivity contribution in [3.8, 4) is 6.07 Å². The molecule has 0 saturated carbocycles. The maximum absolute atomic E-state index is 12.3. The molecule has 0 bridgehead atoms. The van der Waals surface area contributed by atoms with Crippen LogP contribution < -0.4 is 5.32 Å². The smallest absolute Gasteiger partial charge is 0.413 e. The summed E-state index contributed by atoms with van der Waals surface area (Å²) in [5.74, 6) is 0.353. The van der Waals surface area contributed by atoms with Gasteiger partial charge in [-0.1, -0.05) is 0 Å². The summed E-state index contributed by atoms with van der Waals surface area (Å²) < 4.78 is 11.5. The Morgan fingerprint density at radius 3 is 2.26 bits per heavy atom. The van der Waals surface area contributed by atoms with Crippen LogP contribution >= 0.6 is 15.9 Å². The summed E-state index contributed by atoms with van der Waals surface area (Å²) in [6, 6.07) is 5.90. The van der Waals surface area contributed by atoms with Gasteiger partial charge in [-0.2, -0.15) is 5.26 Å². The van der Waals surface area contributed by atoms with Crippen molar-refractivity contribution < 1.29 is 19.1 Å². The van der Waals surface area contributed by atoms with Crippen LogP contribution in [0.25, 0.3) is 0 Å². The fraction of sp³-hybridized carbons (Fsp3) is 0.636. The molecule has 31 heavy (non-hydrogen) atoms. The molecule has 0 aliphatic carbocycles. The number of halogens is 1. The molecule has 0 aromatic carbocycles. The molecule has 1 N–H and O–H groups in total. The summed E-state index contributed by atoms with van der Waals surface area (Å²) >= 11 is 3.49. The summed E-state index contributed by atoms with van der Waals surface area (Å²) in [6.45, 7) is 11.7. The Morgan fingerprint density at radius 2 is 1.74 bits per heavy atom. The van der Waals surface area contributed by atoms with Gasteiger partial charge in [0.25, 0.3) is 0 Å². The van der Waals surface area contributed by atoms with Crippen molar-refractivity contribution in [1.29, 1.82) is 5.26 Å². The molecule has 1 aliphatic heterocycles. The number of hydrogen-bond acceptors (Lipinski definition) is 6. The van der Waals surface area contributed by atoms with Gasteiger partial charge in [0, 0.05) is 24.0 Å². The van der Waals surface area contributed by atoms with Crippen molar-refractivity contribution >= 4 is 33.9 Å². The number of amides is 2. The van der Waals surface area contributed by atoms with Gasteiger partial charge >= 0.3 is 12.2 Å². The summed E-state index contributed by atoms with van der Waals surface area (Å²) in [5.41, 5.74) is -1.16. The van der Waals surface area contributed by atoms with Crippen LogP contribution in [0.5, 0.6) is 0 Å². The molecular weight excluding hydrogens is 464 g/mol. The maximum Gasteiger partial charge on any atom is 0.413 e. The Hall–Kier alpha value is -2.34. The SMILES string of the molecule is CC(C)(C)OC(=O)Nc1ccc(Br)c(CC2(C#N)CCN(C(=O)OC(C)(C)C)CC2)n1. The van der Waals surface area contributed by atoms with Crippen LogP contribution in [0.1, 0.15) is 60.1 Å². The summed E-state index contributed by atoms with van der Waals surface area (Å²) in [4.78, 5) is 30.5. The molecule has 0 radical (unpaired) electrons. The molecule has 0 spiro atoms. The van der Waals surface area contributed by atoms with E-state index in [-0.39, 0.29) is 6.09 Å². The predicted molar refractivity (Wildman–Crippen MR) is 121 cm³/mol. The van der Waals surface area contributed by atoms with Crippen molar-refractivity contribution in [3.05, 3.63) is 22.3 Å². The lowest BCUT2D eigenvalue weighted by molar-refractivity contribution is 0.0148. The molecule has 170 valence electrons. The van der Waals surface area contributed by atoms with E-state index in [0.29, 0.717) is 43.9 Å². The van der Waals surface area contributed by atoms with Gasteiger partial charge in [-0.25, -0.2) is 14.6 Å². The van der Waals surface area contributed by atoms with E-state index in [4.69, 9.17) is 9.47 Å². The van der Waals surface area contributed by atoms with Crippen LogP contribution in [0.4, 0.5) is 15.4 Å². The minimum absolute atomic E-state index is 0.353. The van der Waals surface area contributed by atoms with Crippen molar-refractivity contribution in [1.82, 2.24) is 9.88 Å². The van der Waals surface area contributed by atoms with Gasteiger partial charge in [0.2, 0.25) is 0 Å². The van der Waals surface area contributed by atoms with Crippen LogP contribution in [-0.2, 0) is 15.9 Å². The number of carbonyl (C=O) groups excluding carboxylic acids is 2. The average Bonchev–Trinajstić information content (AvgIpc) is 2.62. The third kappa shape index (κ3) is 7.69. The normalized spacial score (nSPS) is 16.3. The number of carbonyl (C=O) groups is 2. The zero-order chi connectivity index (χ0) is 23.4. The fourth-order valence-corrected chi connectivity index (χ4v) is 3.54. The second kappa shape index (κ2) is 9.43. The first-order valence-electron chi connectivity index (χ1n) is 10.3. The molecule has 9 heteroatoms. The number of pyridine rings is 1. The van der Waals surface area contributed by atoms with E-state index in [1.165, 1.54) is 0 Å². The quantitative estimate of drug-likeness (QED) is 0.612. The first-order chi connectivity index (χ1) is 14.2. The van der Waals surface area contributed by atoms with Gasteiger partial charge in [0.1, 0.15) is 17.0 Å². The highest BCUT2D eigenvalue weighted by Gasteiger charge is 2.38. The Bertz CT molecular complexity index is 860. The van der Waals surface area contributed by atoms with Gasteiger partial charge in [-0.05, 0) is 82.4 Å². The molecule has 1 aliphatic rings. The Balaban J connectivity index is 2.08. The predicted octanol–water partition coefficient (Wildman–Crippen LogP) is 5.27. The molecule has 0 unspecified atom stereocenters. The lowest BCUT2D eigenvalue weighted by atomic mass is 9.76. The summed E-state index contributed by atoms with van der Waals surface area (Å²) in [5, 5.41) is 12.6. The third-order valence-corrected chi connectivity index (χ3v) is 5.38. The molecule has 1 aromatic heterocycles. The average molecular weight is 495 g/mol. The molecule has 8 nitrogen and oxygen atoms in total. The van der Waals surface area contributed by atoms with E-state index in [2.05, 4.69) is 32.3 Å². The van der Waals surface area contributed by atoms with Crippen LogP contribution in [-0.4, -0.2) is 46.4 Å². The number of nitrogens with one attached hydrogen (secondary N) is 1. The Labute approximate surface area is 192 Å². The van der Waals surface area contributed by atoms with E-state index in [0.717, 1.165) is 4.47 Å². The largest absolute Gasteiger partial charge is 0.444 e. The van der Waals surface area contributed by atoms with Gasteiger partial charge in [-0.15, -0.1) is 0 Å². The number of hydrogen-bond donors (Lipinski definition) is 1. The minimum Gasteiger partial charge on any atom is -0.444 e.